The molecule has 1 aliphatic rings. The molecule has 0 saturated heterocycles. The number of halogens is 1. The predicted octanol–water partition coefficient (Wildman–Crippen LogP) is 3.77. The van der Waals surface area contributed by atoms with Crippen molar-refractivity contribution in [3.05, 3.63) is 33.8 Å². The van der Waals surface area contributed by atoms with Crippen molar-refractivity contribution in [1.29, 1.82) is 0 Å². The number of nitrogens with zero attached hydrogens (tertiary/aromatic N) is 1. The minimum absolute atomic E-state index is 0.168. The Morgan fingerprint density at radius 2 is 2.18 bits per heavy atom. The molecule has 0 spiro atoms. The molecule has 17 heavy (non-hydrogen) atoms. The molecule has 0 aromatic heterocycles. The largest absolute Gasteiger partial charge is 0.336 e. The molecule has 0 bridgehead atoms. The van der Waals surface area contributed by atoms with Gasteiger partial charge < -0.3 is 4.90 Å². The van der Waals surface area contributed by atoms with Gasteiger partial charge in [-0.1, -0.05) is 13.0 Å². The lowest BCUT2D eigenvalue weighted by Crippen LogP contribution is -2.34. The number of rotatable bonds is 4. The van der Waals surface area contributed by atoms with E-state index in [0.29, 0.717) is 6.04 Å². The average molecular weight is 296 g/mol. The fourth-order valence-electron chi connectivity index (χ4n) is 2.03. The van der Waals surface area contributed by atoms with E-state index in [1.165, 1.54) is 5.56 Å². The summed E-state index contributed by atoms with van der Waals surface area (Å²) in [6.07, 6.45) is 3.34. The zero-order valence-corrected chi connectivity index (χ0v) is 12.0. The highest BCUT2D eigenvalue weighted by molar-refractivity contribution is 9.10. The molecule has 1 fully saturated rings. The Morgan fingerprint density at radius 1 is 1.47 bits per heavy atom. The van der Waals surface area contributed by atoms with Gasteiger partial charge in [-0.15, -0.1) is 0 Å². The summed E-state index contributed by atoms with van der Waals surface area (Å²) in [7, 11) is 0. The van der Waals surface area contributed by atoms with Crippen molar-refractivity contribution in [3.8, 4) is 0 Å². The molecular formula is C14H18BrNO. The maximum absolute atomic E-state index is 12.4. The Morgan fingerprint density at radius 3 is 2.71 bits per heavy atom. The van der Waals surface area contributed by atoms with Gasteiger partial charge in [0.15, 0.2) is 0 Å². The molecule has 0 unspecified atom stereocenters. The molecule has 1 aliphatic carbocycles. The molecule has 1 aromatic carbocycles. The fourth-order valence-corrected chi connectivity index (χ4v) is 2.69. The molecule has 1 saturated carbocycles. The highest BCUT2D eigenvalue weighted by atomic mass is 79.9. The van der Waals surface area contributed by atoms with Crippen molar-refractivity contribution in [1.82, 2.24) is 4.90 Å². The minimum atomic E-state index is 0.168. The van der Waals surface area contributed by atoms with E-state index in [1.807, 2.05) is 30.0 Å². The first-order valence-corrected chi connectivity index (χ1v) is 7.00. The third kappa shape index (κ3) is 2.89. The first kappa shape index (κ1) is 12.6. The fraction of sp³-hybridized carbons (Fsp3) is 0.500. The van der Waals surface area contributed by atoms with Gasteiger partial charge in [0.1, 0.15) is 0 Å². The monoisotopic (exact) mass is 295 g/mol. The van der Waals surface area contributed by atoms with Gasteiger partial charge in [0.05, 0.1) is 5.56 Å². The SMILES string of the molecule is CCCN(C(=O)c1ccc(C)cc1Br)C1CC1. The predicted molar refractivity (Wildman–Crippen MR) is 73.2 cm³/mol. The summed E-state index contributed by atoms with van der Waals surface area (Å²) in [5.41, 5.74) is 1.96. The maximum atomic E-state index is 12.4. The molecule has 1 aromatic rings. The quantitative estimate of drug-likeness (QED) is 0.828. The van der Waals surface area contributed by atoms with E-state index in [2.05, 4.69) is 22.9 Å². The zero-order chi connectivity index (χ0) is 12.4. The highest BCUT2D eigenvalue weighted by Gasteiger charge is 2.32. The molecule has 0 heterocycles. The van der Waals surface area contributed by atoms with E-state index in [-0.39, 0.29) is 5.91 Å². The number of hydrogen-bond donors (Lipinski definition) is 0. The zero-order valence-electron chi connectivity index (χ0n) is 10.4. The van der Waals surface area contributed by atoms with Gasteiger partial charge in [-0.3, -0.25) is 4.79 Å². The van der Waals surface area contributed by atoms with Crippen LogP contribution in [-0.4, -0.2) is 23.4 Å². The summed E-state index contributed by atoms with van der Waals surface area (Å²) >= 11 is 3.49. The Bertz CT molecular complexity index is 426. The van der Waals surface area contributed by atoms with Crippen molar-refractivity contribution in [3.63, 3.8) is 0 Å². The lowest BCUT2D eigenvalue weighted by atomic mass is 10.1. The van der Waals surface area contributed by atoms with Crippen LogP contribution in [0.4, 0.5) is 0 Å². The summed E-state index contributed by atoms with van der Waals surface area (Å²) < 4.78 is 0.907. The van der Waals surface area contributed by atoms with Crippen LogP contribution in [-0.2, 0) is 0 Å². The van der Waals surface area contributed by atoms with E-state index in [9.17, 15) is 4.79 Å². The minimum Gasteiger partial charge on any atom is -0.336 e. The van der Waals surface area contributed by atoms with Crippen molar-refractivity contribution < 1.29 is 4.79 Å². The van der Waals surface area contributed by atoms with Gasteiger partial charge in [0.2, 0.25) is 0 Å². The molecule has 3 heteroatoms. The van der Waals surface area contributed by atoms with E-state index in [1.54, 1.807) is 0 Å². The second-order valence-corrected chi connectivity index (χ2v) is 5.57. The van der Waals surface area contributed by atoms with Crippen LogP contribution >= 0.6 is 15.9 Å². The lowest BCUT2D eigenvalue weighted by molar-refractivity contribution is 0.0742. The summed E-state index contributed by atoms with van der Waals surface area (Å²) in [6.45, 7) is 5.01. The Kier molecular flexibility index (Phi) is 3.87. The molecule has 0 atom stereocenters. The van der Waals surface area contributed by atoms with Crippen LogP contribution in [0.2, 0.25) is 0 Å². The van der Waals surface area contributed by atoms with Crippen molar-refractivity contribution in [2.24, 2.45) is 0 Å². The van der Waals surface area contributed by atoms with Crippen LogP contribution in [0.3, 0.4) is 0 Å². The maximum Gasteiger partial charge on any atom is 0.255 e. The normalized spacial score (nSPS) is 14.8. The molecule has 0 radical (unpaired) electrons. The van der Waals surface area contributed by atoms with E-state index >= 15 is 0 Å². The molecule has 2 rings (SSSR count). The van der Waals surface area contributed by atoms with E-state index in [4.69, 9.17) is 0 Å². The molecule has 1 amide bonds. The number of aryl methyl sites for hydroxylation is 1. The average Bonchev–Trinajstić information content (AvgIpc) is 3.09. The lowest BCUT2D eigenvalue weighted by Gasteiger charge is -2.22. The summed E-state index contributed by atoms with van der Waals surface area (Å²) in [5.74, 6) is 0.168. The van der Waals surface area contributed by atoms with Crippen LogP contribution < -0.4 is 0 Å². The third-order valence-corrected chi connectivity index (χ3v) is 3.72. The summed E-state index contributed by atoms with van der Waals surface area (Å²) in [6, 6.07) is 6.40. The second kappa shape index (κ2) is 5.21. The molecule has 92 valence electrons. The first-order valence-electron chi connectivity index (χ1n) is 6.20. The van der Waals surface area contributed by atoms with E-state index in [0.717, 1.165) is 35.8 Å². The van der Waals surface area contributed by atoms with Gasteiger partial charge >= 0.3 is 0 Å². The Hall–Kier alpha value is -0.830. The van der Waals surface area contributed by atoms with Gasteiger partial charge in [0.25, 0.3) is 5.91 Å². The topological polar surface area (TPSA) is 20.3 Å². The van der Waals surface area contributed by atoms with Crippen LogP contribution in [0.15, 0.2) is 22.7 Å². The molecule has 0 aliphatic heterocycles. The van der Waals surface area contributed by atoms with Gasteiger partial charge in [0, 0.05) is 17.1 Å². The van der Waals surface area contributed by atoms with Gasteiger partial charge in [-0.25, -0.2) is 0 Å². The standard InChI is InChI=1S/C14H18BrNO/c1-3-8-16(11-5-6-11)14(17)12-7-4-10(2)9-13(12)15/h4,7,9,11H,3,5-6,8H2,1-2H3. The van der Waals surface area contributed by atoms with Gasteiger partial charge in [-0.2, -0.15) is 0 Å². The number of amides is 1. The highest BCUT2D eigenvalue weighted by Crippen LogP contribution is 2.30. The second-order valence-electron chi connectivity index (χ2n) is 4.71. The number of carbonyl (C=O) groups is 1. The van der Waals surface area contributed by atoms with Gasteiger partial charge in [-0.05, 0) is 59.8 Å². The summed E-state index contributed by atoms with van der Waals surface area (Å²) in [4.78, 5) is 14.5. The van der Waals surface area contributed by atoms with E-state index < -0.39 is 0 Å². The van der Waals surface area contributed by atoms with Crippen molar-refractivity contribution >= 4 is 21.8 Å². The molecule has 0 N–H and O–H groups in total. The van der Waals surface area contributed by atoms with Crippen LogP contribution in [0, 0.1) is 6.92 Å². The van der Waals surface area contributed by atoms with Crippen LogP contribution in [0.25, 0.3) is 0 Å². The van der Waals surface area contributed by atoms with Crippen molar-refractivity contribution in [2.45, 2.75) is 39.2 Å². The number of carbonyl (C=O) groups excluding carboxylic acids is 1. The molecular weight excluding hydrogens is 278 g/mol. The first-order chi connectivity index (χ1) is 8.13. The molecule has 2 nitrogen and oxygen atoms in total. The summed E-state index contributed by atoms with van der Waals surface area (Å²) in [5, 5.41) is 0. The Labute approximate surface area is 111 Å². The number of benzene rings is 1. The smallest absolute Gasteiger partial charge is 0.255 e. The van der Waals surface area contributed by atoms with Crippen molar-refractivity contribution in [2.75, 3.05) is 6.54 Å². The Balaban J connectivity index is 2.22. The number of hydrogen-bond acceptors (Lipinski definition) is 1. The third-order valence-electron chi connectivity index (χ3n) is 3.07. The van der Waals surface area contributed by atoms with Crippen LogP contribution in [0.5, 0.6) is 0 Å². The van der Waals surface area contributed by atoms with Crippen LogP contribution in [0.1, 0.15) is 42.1 Å².